The molecule has 0 amide bonds. The van der Waals surface area contributed by atoms with Crippen molar-refractivity contribution in [3.8, 4) is 0 Å². The summed E-state index contributed by atoms with van der Waals surface area (Å²) in [6.45, 7) is 2.03. The van der Waals surface area contributed by atoms with Crippen LogP contribution in [0.4, 0.5) is 4.39 Å². The van der Waals surface area contributed by atoms with E-state index in [9.17, 15) is 9.50 Å². The standard InChI is InChI=1S/C12H16ClFO2/c1-3-12(15,8-16-2)7-9-4-5-10(13)6-11(9)14/h4-6,15H,3,7-8H2,1-2H3. The van der Waals surface area contributed by atoms with Gasteiger partial charge in [0.05, 0.1) is 12.2 Å². The molecule has 0 aliphatic heterocycles. The van der Waals surface area contributed by atoms with E-state index in [4.69, 9.17) is 16.3 Å². The smallest absolute Gasteiger partial charge is 0.127 e. The molecule has 1 aromatic rings. The van der Waals surface area contributed by atoms with Crippen LogP contribution in [0.2, 0.25) is 5.02 Å². The second-order valence-corrected chi connectivity index (χ2v) is 4.36. The van der Waals surface area contributed by atoms with Crippen molar-refractivity contribution < 1.29 is 14.2 Å². The Bertz CT molecular complexity index is 357. The van der Waals surface area contributed by atoms with Crippen molar-refractivity contribution >= 4 is 11.6 Å². The Morgan fingerprint density at radius 3 is 2.69 bits per heavy atom. The fraction of sp³-hybridized carbons (Fsp3) is 0.500. The van der Waals surface area contributed by atoms with Crippen molar-refractivity contribution in [2.75, 3.05) is 13.7 Å². The second-order valence-electron chi connectivity index (χ2n) is 3.92. The van der Waals surface area contributed by atoms with Gasteiger partial charge in [0.15, 0.2) is 0 Å². The predicted molar refractivity (Wildman–Crippen MR) is 62.2 cm³/mol. The summed E-state index contributed by atoms with van der Waals surface area (Å²) in [5, 5.41) is 10.5. The molecule has 0 fully saturated rings. The lowest BCUT2D eigenvalue weighted by Crippen LogP contribution is -2.36. The SMILES string of the molecule is CCC(O)(COC)Cc1ccc(Cl)cc1F. The van der Waals surface area contributed by atoms with Gasteiger partial charge in [-0.3, -0.25) is 0 Å². The van der Waals surface area contributed by atoms with Gasteiger partial charge in [0, 0.05) is 18.6 Å². The number of hydrogen-bond donors (Lipinski definition) is 1. The number of benzene rings is 1. The third-order valence-corrected chi connectivity index (χ3v) is 2.84. The molecule has 1 aromatic carbocycles. The third-order valence-electron chi connectivity index (χ3n) is 2.61. The van der Waals surface area contributed by atoms with Gasteiger partial charge < -0.3 is 9.84 Å². The first-order valence-electron chi connectivity index (χ1n) is 5.16. The largest absolute Gasteiger partial charge is 0.387 e. The number of rotatable bonds is 5. The Balaban J connectivity index is 2.85. The molecule has 90 valence electrons. The van der Waals surface area contributed by atoms with Crippen LogP contribution in [0.3, 0.4) is 0 Å². The highest BCUT2D eigenvalue weighted by Crippen LogP contribution is 2.22. The Kier molecular flexibility index (Phi) is 4.71. The summed E-state index contributed by atoms with van der Waals surface area (Å²) < 4.78 is 18.5. The van der Waals surface area contributed by atoms with Gasteiger partial charge in [0.1, 0.15) is 5.82 Å². The minimum atomic E-state index is -1.02. The Hall–Kier alpha value is -0.640. The van der Waals surface area contributed by atoms with Crippen molar-refractivity contribution in [2.45, 2.75) is 25.4 Å². The molecule has 16 heavy (non-hydrogen) atoms. The first-order chi connectivity index (χ1) is 7.50. The van der Waals surface area contributed by atoms with Crippen LogP contribution >= 0.6 is 11.6 Å². The van der Waals surface area contributed by atoms with Crippen LogP contribution in [-0.2, 0) is 11.2 Å². The summed E-state index contributed by atoms with van der Waals surface area (Å²) in [5.74, 6) is -0.393. The quantitative estimate of drug-likeness (QED) is 0.866. The molecule has 0 radical (unpaired) electrons. The molecular formula is C12H16ClFO2. The van der Waals surface area contributed by atoms with Gasteiger partial charge in [-0.05, 0) is 24.1 Å². The first-order valence-corrected chi connectivity index (χ1v) is 5.54. The average Bonchev–Trinajstić information content (AvgIpc) is 2.23. The van der Waals surface area contributed by atoms with E-state index < -0.39 is 11.4 Å². The Morgan fingerprint density at radius 1 is 1.50 bits per heavy atom. The van der Waals surface area contributed by atoms with Crippen molar-refractivity contribution in [3.63, 3.8) is 0 Å². The molecule has 0 spiro atoms. The van der Waals surface area contributed by atoms with Crippen LogP contribution in [0.25, 0.3) is 0 Å². The molecule has 1 N–H and O–H groups in total. The van der Waals surface area contributed by atoms with Crippen LogP contribution in [0.5, 0.6) is 0 Å². The maximum absolute atomic E-state index is 13.5. The van der Waals surface area contributed by atoms with E-state index in [1.165, 1.54) is 13.2 Å². The van der Waals surface area contributed by atoms with E-state index in [0.717, 1.165) is 0 Å². The van der Waals surface area contributed by atoms with Gasteiger partial charge >= 0.3 is 0 Å². The van der Waals surface area contributed by atoms with Crippen molar-refractivity contribution in [2.24, 2.45) is 0 Å². The van der Waals surface area contributed by atoms with Crippen molar-refractivity contribution in [3.05, 3.63) is 34.6 Å². The fourth-order valence-corrected chi connectivity index (χ4v) is 1.73. The zero-order valence-corrected chi connectivity index (χ0v) is 10.2. The molecule has 1 unspecified atom stereocenters. The van der Waals surface area contributed by atoms with Gasteiger partial charge in [-0.2, -0.15) is 0 Å². The number of halogens is 2. The molecule has 1 rings (SSSR count). The average molecular weight is 247 g/mol. The lowest BCUT2D eigenvalue weighted by Gasteiger charge is -2.26. The number of aliphatic hydroxyl groups is 1. The molecule has 2 nitrogen and oxygen atoms in total. The molecule has 1 atom stereocenters. The summed E-state index contributed by atoms with van der Waals surface area (Å²) >= 11 is 5.66. The number of ether oxygens (including phenoxy) is 1. The fourth-order valence-electron chi connectivity index (χ4n) is 1.57. The van der Waals surface area contributed by atoms with E-state index >= 15 is 0 Å². The van der Waals surface area contributed by atoms with Crippen molar-refractivity contribution in [1.29, 1.82) is 0 Å². The molecule has 0 saturated heterocycles. The molecule has 0 bridgehead atoms. The van der Waals surface area contributed by atoms with E-state index in [2.05, 4.69) is 0 Å². The van der Waals surface area contributed by atoms with Crippen LogP contribution in [0, 0.1) is 5.82 Å². The molecular weight excluding hydrogens is 231 g/mol. The Morgan fingerprint density at radius 2 is 2.19 bits per heavy atom. The molecule has 4 heteroatoms. The predicted octanol–water partition coefficient (Wildman–Crippen LogP) is 2.81. The van der Waals surface area contributed by atoms with Crippen LogP contribution in [0.1, 0.15) is 18.9 Å². The number of hydrogen-bond acceptors (Lipinski definition) is 2. The monoisotopic (exact) mass is 246 g/mol. The van der Waals surface area contributed by atoms with Crippen molar-refractivity contribution in [1.82, 2.24) is 0 Å². The van der Waals surface area contributed by atoms with E-state index in [0.29, 0.717) is 17.0 Å². The summed E-state index contributed by atoms with van der Waals surface area (Å²) in [7, 11) is 1.51. The van der Waals surface area contributed by atoms with Crippen LogP contribution in [0.15, 0.2) is 18.2 Å². The van der Waals surface area contributed by atoms with Gasteiger partial charge in [0.2, 0.25) is 0 Å². The van der Waals surface area contributed by atoms with Crippen LogP contribution in [-0.4, -0.2) is 24.4 Å². The minimum absolute atomic E-state index is 0.186. The van der Waals surface area contributed by atoms with E-state index in [1.54, 1.807) is 12.1 Å². The number of methoxy groups -OCH3 is 1. The van der Waals surface area contributed by atoms with Gasteiger partial charge in [-0.15, -0.1) is 0 Å². The molecule has 0 aliphatic carbocycles. The lowest BCUT2D eigenvalue weighted by molar-refractivity contribution is -0.0338. The zero-order chi connectivity index (χ0) is 12.2. The van der Waals surface area contributed by atoms with Gasteiger partial charge in [0.25, 0.3) is 0 Å². The van der Waals surface area contributed by atoms with Gasteiger partial charge in [-0.1, -0.05) is 24.6 Å². The highest BCUT2D eigenvalue weighted by molar-refractivity contribution is 6.30. The summed E-state index contributed by atoms with van der Waals surface area (Å²) in [4.78, 5) is 0. The topological polar surface area (TPSA) is 29.5 Å². The lowest BCUT2D eigenvalue weighted by atomic mass is 9.92. The normalized spacial score (nSPS) is 14.8. The Labute approximate surface area is 100.0 Å². The van der Waals surface area contributed by atoms with Gasteiger partial charge in [-0.25, -0.2) is 4.39 Å². The molecule has 0 saturated carbocycles. The highest BCUT2D eigenvalue weighted by atomic mass is 35.5. The highest BCUT2D eigenvalue weighted by Gasteiger charge is 2.26. The maximum Gasteiger partial charge on any atom is 0.127 e. The summed E-state index contributed by atoms with van der Waals surface area (Å²) in [5.41, 5.74) is -0.575. The maximum atomic E-state index is 13.5. The molecule has 0 aliphatic rings. The minimum Gasteiger partial charge on any atom is -0.387 e. The zero-order valence-electron chi connectivity index (χ0n) is 9.46. The summed E-state index contributed by atoms with van der Waals surface area (Å²) in [6, 6.07) is 4.45. The van der Waals surface area contributed by atoms with E-state index in [1.807, 2.05) is 6.92 Å². The molecule has 0 aromatic heterocycles. The van der Waals surface area contributed by atoms with E-state index in [-0.39, 0.29) is 13.0 Å². The molecule has 0 heterocycles. The summed E-state index contributed by atoms with van der Waals surface area (Å²) in [6.07, 6.45) is 0.725. The first kappa shape index (κ1) is 13.4. The second kappa shape index (κ2) is 5.62. The third kappa shape index (κ3) is 3.44. The van der Waals surface area contributed by atoms with Crippen LogP contribution < -0.4 is 0 Å².